The molecule has 164 valence electrons. The number of thioether (sulfide) groups is 2. The Labute approximate surface area is 198 Å². The van der Waals surface area contributed by atoms with Gasteiger partial charge in [0.15, 0.2) is 9.50 Å². The van der Waals surface area contributed by atoms with E-state index in [-0.39, 0.29) is 17.4 Å². The number of phenols is 1. The Hall–Kier alpha value is -2.82. The number of imidazole rings is 1. The number of nitrogens with zero attached hydrogens (tertiary/aromatic N) is 3. The number of phenolic OH excluding ortho intramolecular Hbond substituents is 1. The molecule has 4 rings (SSSR count). The lowest BCUT2D eigenvalue weighted by Crippen LogP contribution is -2.13. The zero-order valence-electron chi connectivity index (χ0n) is 17.2. The van der Waals surface area contributed by atoms with Crippen molar-refractivity contribution in [2.45, 2.75) is 28.6 Å². The van der Waals surface area contributed by atoms with E-state index in [0.29, 0.717) is 16.7 Å². The minimum atomic E-state index is -0.153. The summed E-state index contributed by atoms with van der Waals surface area (Å²) in [6.45, 7) is 1.96. The van der Waals surface area contributed by atoms with Crippen molar-refractivity contribution >= 4 is 45.9 Å². The van der Waals surface area contributed by atoms with Gasteiger partial charge in [-0.1, -0.05) is 77.3 Å². The molecule has 0 saturated heterocycles. The highest BCUT2D eigenvalue weighted by molar-refractivity contribution is 8.00. The average Bonchev–Trinajstić information content (AvgIpc) is 3.39. The number of nitrogens with one attached hydrogen (secondary N) is 2. The first kappa shape index (κ1) is 22.4. The van der Waals surface area contributed by atoms with Crippen LogP contribution in [0.1, 0.15) is 22.5 Å². The number of aromatic hydroxyl groups is 1. The molecule has 32 heavy (non-hydrogen) atoms. The van der Waals surface area contributed by atoms with Gasteiger partial charge in [-0.25, -0.2) is 4.98 Å². The molecule has 2 aromatic heterocycles. The van der Waals surface area contributed by atoms with Crippen LogP contribution in [-0.2, 0) is 17.0 Å². The molecular formula is C22H21N5O2S3. The maximum atomic E-state index is 12.3. The number of carbonyl (C=O) groups excluding carboxylic acids is 1. The minimum Gasteiger partial charge on any atom is -0.508 e. The van der Waals surface area contributed by atoms with Gasteiger partial charge in [-0.3, -0.25) is 10.1 Å². The molecule has 2 heterocycles. The second-order valence-electron chi connectivity index (χ2n) is 6.94. The van der Waals surface area contributed by atoms with Crippen LogP contribution in [0.5, 0.6) is 5.75 Å². The summed E-state index contributed by atoms with van der Waals surface area (Å²) >= 11 is 4.31. The topological polar surface area (TPSA) is 104 Å². The van der Waals surface area contributed by atoms with Crippen molar-refractivity contribution in [3.63, 3.8) is 0 Å². The van der Waals surface area contributed by atoms with Crippen LogP contribution in [0.2, 0.25) is 0 Å². The Morgan fingerprint density at radius 3 is 2.62 bits per heavy atom. The van der Waals surface area contributed by atoms with Gasteiger partial charge in [0.2, 0.25) is 11.0 Å². The quantitative estimate of drug-likeness (QED) is 0.230. The molecule has 0 saturated carbocycles. The summed E-state index contributed by atoms with van der Waals surface area (Å²) in [6, 6.07) is 17.2. The first-order valence-electron chi connectivity index (χ1n) is 9.81. The molecule has 0 unspecified atom stereocenters. The second-order valence-corrected chi connectivity index (χ2v) is 10.1. The zero-order valence-corrected chi connectivity index (χ0v) is 19.7. The van der Waals surface area contributed by atoms with E-state index in [1.165, 1.54) is 28.7 Å². The van der Waals surface area contributed by atoms with E-state index in [9.17, 15) is 9.90 Å². The number of rotatable bonds is 9. The van der Waals surface area contributed by atoms with Crippen LogP contribution in [0.4, 0.5) is 5.13 Å². The fourth-order valence-corrected chi connectivity index (χ4v) is 5.31. The Bertz CT molecular complexity index is 1180. The Balaban J connectivity index is 1.25. The first-order valence-corrected chi connectivity index (χ1v) is 12.6. The molecule has 7 nitrogen and oxygen atoms in total. The van der Waals surface area contributed by atoms with Crippen LogP contribution >= 0.6 is 34.9 Å². The molecule has 0 radical (unpaired) electrons. The van der Waals surface area contributed by atoms with E-state index in [0.717, 1.165) is 27.0 Å². The number of hydrogen-bond acceptors (Lipinski definition) is 8. The maximum Gasteiger partial charge on any atom is 0.236 e. The van der Waals surface area contributed by atoms with Crippen molar-refractivity contribution < 1.29 is 9.90 Å². The predicted octanol–water partition coefficient (Wildman–Crippen LogP) is 4.89. The molecule has 0 aliphatic heterocycles. The molecule has 0 fully saturated rings. The summed E-state index contributed by atoms with van der Waals surface area (Å²) in [5.74, 6) is 1.12. The SMILES string of the molecule is Cc1[nH]c(SCC(=O)Nc2nnc(SCc3ccccc3)s2)nc1Cc1ccc(O)cc1. The predicted molar refractivity (Wildman–Crippen MR) is 130 cm³/mol. The van der Waals surface area contributed by atoms with E-state index in [2.05, 4.69) is 37.6 Å². The van der Waals surface area contributed by atoms with Gasteiger partial charge >= 0.3 is 0 Å². The molecule has 3 N–H and O–H groups in total. The van der Waals surface area contributed by atoms with Gasteiger partial charge < -0.3 is 10.1 Å². The van der Waals surface area contributed by atoms with Crippen LogP contribution in [0, 0.1) is 6.92 Å². The smallest absolute Gasteiger partial charge is 0.236 e. The summed E-state index contributed by atoms with van der Waals surface area (Å²) in [5.41, 5.74) is 4.16. The molecule has 4 aromatic rings. The lowest BCUT2D eigenvalue weighted by Gasteiger charge is -2.00. The summed E-state index contributed by atoms with van der Waals surface area (Å²) in [5, 5.41) is 21.6. The number of aromatic amines is 1. The van der Waals surface area contributed by atoms with Gasteiger partial charge in [0.05, 0.1) is 11.4 Å². The molecule has 0 aliphatic carbocycles. The van der Waals surface area contributed by atoms with E-state index in [1.807, 2.05) is 37.3 Å². The fraction of sp³-hybridized carbons (Fsp3) is 0.182. The average molecular weight is 484 g/mol. The van der Waals surface area contributed by atoms with Crippen molar-refractivity contribution in [2.75, 3.05) is 11.1 Å². The first-order chi connectivity index (χ1) is 15.5. The Morgan fingerprint density at radius 2 is 1.84 bits per heavy atom. The number of anilines is 1. The monoisotopic (exact) mass is 483 g/mol. The lowest BCUT2D eigenvalue weighted by atomic mass is 10.1. The fourth-order valence-electron chi connectivity index (χ4n) is 2.84. The zero-order chi connectivity index (χ0) is 22.3. The summed E-state index contributed by atoms with van der Waals surface area (Å²) < 4.78 is 0.817. The molecule has 10 heteroatoms. The van der Waals surface area contributed by atoms with E-state index < -0.39 is 0 Å². The van der Waals surface area contributed by atoms with Crippen molar-refractivity contribution in [1.82, 2.24) is 20.2 Å². The number of hydrogen-bond donors (Lipinski definition) is 3. The van der Waals surface area contributed by atoms with Crippen LogP contribution < -0.4 is 5.32 Å². The van der Waals surface area contributed by atoms with Crippen LogP contribution in [-0.4, -0.2) is 36.9 Å². The van der Waals surface area contributed by atoms with E-state index in [1.54, 1.807) is 23.9 Å². The Kier molecular flexibility index (Phi) is 7.46. The maximum absolute atomic E-state index is 12.3. The van der Waals surface area contributed by atoms with Crippen molar-refractivity contribution in [1.29, 1.82) is 0 Å². The van der Waals surface area contributed by atoms with Crippen molar-refractivity contribution in [3.8, 4) is 5.75 Å². The molecule has 1 amide bonds. The number of amides is 1. The van der Waals surface area contributed by atoms with E-state index in [4.69, 9.17) is 0 Å². The third kappa shape index (κ3) is 6.35. The van der Waals surface area contributed by atoms with Gasteiger partial charge in [0.1, 0.15) is 5.75 Å². The molecule has 0 spiro atoms. The highest BCUT2D eigenvalue weighted by Crippen LogP contribution is 2.28. The van der Waals surface area contributed by atoms with Gasteiger partial charge in [-0.2, -0.15) is 0 Å². The Morgan fingerprint density at radius 1 is 1.06 bits per heavy atom. The number of benzene rings is 2. The molecular weight excluding hydrogens is 462 g/mol. The number of aryl methyl sites for hydroxylation is 1. The van der Waals surface area contributed by atoms with Crippen molar-refractivity contribution in [2.24, 2.45) is 0 Å². The number of carbonyl (C=O) groups is 1. The largest absolute Gasteiger partial charge is 0.508 e. The molecule has 0 atom stereocenters. The van der Waals surface area contributed by atoms with Gasteiger partial charge in [-0.05, 0) is 30.2 Å². The number of H-pyrrole nitrogens is 1. The van der Waals surface area contributed by atoms with Gasteiger partial charge in [0, 0.05) is 17.9 Å². The summed E-state index contributed by atoms with van der Waals surface area (Å²) in [4.78, 5) is 20.1. The summed E-state index contributed by atoms with van der Waals surface area (Å²) in [6.07, 6.45) is 0.656. The minimum absolute atomic E-state index is 0.153. The van der Waals surface area contributed by atoms with Gasteiger partial charge in [0.25, 0.3) is 0 Å². The lowest BCUT2D eigenvalue weighted by molar-refractivity contribution is -0.113. The highest BCUT2D eigenvalue weighted by Gasteiger charge is 2.12. The normalized spacial score (nSPS) is 10.9. The highest BCUT2D eigenvalue weighted by atomic mass is 32.2. The second kappa shape index (κ2) is 10.7. The van der Waals surface area contributed by atoms with E-state index >= 15 is 0 Å². The van der Waals surface area contributed by atoms with Crippen LogP contribution in [0.25, 0.3) is 0 Å². The molecule has 2 aromatic carbocycles. The third-order valence-corrected chi connectivity index (χ3v) is 7.39. The standard InChI is InChI=1S/C22H21N5O2S3/c1-14-18(11-15-7-9-17(28)10-8-15)24-20(23-14)30-13-19(29)25-21-26-27-22(32-21)31-12-16-5-3-2-4-6-16/h2-10,28H,11-13H2,1H3,(H,23,24)(H,25,26,29). The van der Waals surface area contributed by atoms with Crippen molar-refractivity contribution in [3.05, 3.63) is 77.1 Å². The van der Waals surface area contributed by atoms with Crippen LogP contribution in [0.15, 0.2) is 64.1 Å². The van der Waals surface area contributed by atoms with Gasteiger partial charge in [-0.15, -0.1) is 10.2 Å². The molecule has 0 aliphatic rings. The third-order valence-electron chi connectivity index (χ3n) is 4.47. The summed E-state index contributed by atoms with van der Waals surface area (Å²) in [7, 11) is 0. The number of aromatic nitrogens is 4. The van der Waals surface area contributed by atoms with Crippen LogP contribution in [0.3, 0.4) is 0 Å². The molecule has 0 bridgehead atoms.